The Hall–Kier alpha value is -2.10. The highest BCUT2D eigenvalue weighted by molar-refractivity contribution is 5.55. The molecule has 0 saturated carbocycles. The van der Waals surface area contributed by atoms with E-state index in [1.165, 1.54) is 0 Å². The van der Waals surface area contributed by atoms with E-state index in [1.807, 2.05) is 31.2 Å². The zero-order chi connectivity index (χ0) is 11.7. The van der Waals surface area contributed by atoms with Crippen LogP contribution >= 0.6 is 0 Å². The van der Waals surface area contributed by atoms with E-state index in [2.05, 4.69) is 5.32 Å². The van der Waals surface area contributed by atoms with Crippen molar-refractivity contribution in [2.45, 2.75) is 13.5 Å². The number of rotatable bonds is 3. The van der Waals surface area contributed by atoms with Crippen LogP contribution in [0.3, 0.4) is 0 Å². The van der Waals surface area contributed by atoms with Crippen molar-refractivity contribution in [2.75, 3.05) is 12.1 Å². The number of hydrogen-bond acceptors (Lipinski definition) is 4. The molecule has 0 atom stereocenters. The molecule has 3 rings (SSSR count). The van der Waals surface area contributed by atoms with E-state index in [1.54, 1.807) is 6.26 Å². The molecule has 4 heteroatoms. The Labute approximate surface area is 99.1 Å². The van der Waals surface area contributed by atoms with Gasteiger partial charge in [0, 0.05) is 11.8 Å². The Bertz CT molecular complexity index is 533. The lowest BCUT2D eigenvalue weighted by Gasteiger charge is -2.06. The summed E-state index contributed by atoms with van der Waals surface area (Å²) in [6, 6.07) is 7.75. The number of ether oxygens (including phenoxy) is 2. The molecular formula is C13H13NO3. The first-order valence-electron chi connectivity index (χ1n) is 5.49. The molecule has 0 saturated heterocycles. The molecule has 4 nitrogen and oxygen atoms in total. The number of nitrogens with one attached hydrogen (secondary N) is 1. The fraction of sp³-hybridized carbons (Fsp3) is 0.231. The van der Waals surface area contributed by atoms with Gasteiger partial charge in [0.15, 0.2) is 11.5 Å². The lowest BCUT2D eigenvalue weighted by Crippen LogP contribution is -1.99. The SMILES string of the molecule is Cc1ccoc1CNc1ccc2c(c1)OCO2. The van der Waals surface area contributed by atoms with E-state index in [9.17, 15) is 0 Å². The van der Waals surface area contributed by atoms with Crippen molar-refractivity contribution in [1.29, 1.82) is 0 Å². The third-order valence-electron chi connectivity index (χ3n) is 2.79. The smallest absolute Gasteiger partial charge is 0.231 e. The normalized spacial score (nSPS) is 12.8. The number of hydrogen-bond donors (Lipinski definition) is 1. The molecule has 88 valence electrons. The molecule has 1 aliphatic rings. The average Bonchev–Trinajstić information content (AvgIpc) is 2.94. The maximum atomic E-state index is 5.36. The fourth-order valence-corrected chi connectivity index (χ4v) is 1.77. The second-order valence-electron chi connectivity index (χ2n) is 3.95. The van der Waals surface area contributed by atoms with Crippen LogP contribution in [0.1, 0.15) is 11.3 Å². The third-order valence-corrected chi connectivity index (χ3v) is 2.79. The summed E-state index contributed by atoms with van der Waals surface area (Å²) < 4.78 is 15.9. The van der Waals surface area contributed by atoms with E-state index in [4.69, 9.17) is 13.9 Å². The summed E-state index contributed by atoms with van der Waals surface area (Å²) in [5.74, 6) is 2.53. The van der Waals surface area contributed by atoms with E-state index in [0.717, 1.165) is 28.5 Å². The Kier molecular flexibility index (Phi) is 2.40. The summed E-state index contributed by atoms with van der Waals surface area (Å²) >= 11 is 0. The summed E-state index contributed by atoms with van der Waals surface area (Å²) in [7, 11) is 0. The quantitative estimate of drug-likeness (QED) is 0.882. The predicted octanol–water partition coefficient (Wildman–Crippen LogP) is 2.93. The topological polar surface area (TPSA) is 43.6 Å². The minimum Gasteiger partial charge on any atom is -0.467 e. The minimum absolute atomic E-state index is 0.302. The van der Waals surface area contributed by atoms with Crippen LogP contribution in [0.15, 0.2) is 34.9 Å². The van der Waals surface area contributed by atoms with Crippen LogP contribution < -0.4 is 14.8 Å². The number of anilines is 1. The molecule has 17 heavy (non-hydrogen) atoms. The van der Waals surface area contributed by atoms with Crippen molar-refractivity contribution in [1.82, 2.24) is 0 Å². The Morgan fingerprint density at radius 1 is 1.18 bits per heavy atom. The van der Waals surface area contributed by atoms with Crippen LogP contribution in [-0.2, 0) is 6.54 Å². The van der Waals surface area contributed by atoms with Gasteiger partial charge >= 0.3 is 0 Å². The highest BCUT2D eigenvalue weighted by atomic mass is 16.7. The zero-order valence-electron chi connectivity index (χ0n) is 9.53. The summed E-state index contributed by atoms with van der Waals surface area (Å²) in [6.07, 6.45) is 1.70. The highest BCUT2D eigenvalue weighted by Crippen LogP contribution is 2.34. The Morgan fingerprint density at radius 2 is 2.06 bits per heavy atom. The highest BCUT2D eigenvalue weighted by Gasteiger charge is 2.13. The fourth-order valence-electron chi connectivity index (χ4n) is 1.77. The van der Waals surface area contributed by atoms with Crippen molar-refractivity contribution in [3.63, 3.8) is 0 Å². The van der Waals surface area contributed by atoms with Crippen molar-refractivity contribution in [3.05, 3.63) is 41.9 Å². The molecule has 0 fully saturated rings. The van der Waals surface area contributed by atoms with Crippen LogP contribution in [0.5, 0.6) is 11.5 Å². The van der Waals surface area contributed by atoms with Gasteiger partial charge in [-0.25, -0.2) is 0 Å². The van der Waals surface area contributed by atoms with E-state index in [-0.39, 0.29) is 0 Å². The Morgan fingerprint density at radius 3 is 2.88 bits per heavy atom. The van der Waals surface area contributed by atoms with Gasteiger partial charge in [-0.15, -0.1) is 0 Å². The van der Waals surface area contributed by atoms with Gasteiger partial charge in [0.1, 0.15) is 5.76 Å². The molecule has 1 aromatic heterocycles. The van der Waals surface area contributed by atoms with Crippen LogP contribution in [-0.4, -0.2) is 6.79 Å². The molecule has 0 unspecified atom stereocenters. The van der Waals surface area contributed by atoms with E-state index in [0.29, 0.717) is 13.3 Å². The minimum atomic E-state index is 0.302. The molecule has 0 aliphatic carbocycles. The van der Waals surface area contributed by atoms with Gasteiger partial charge in [0.2, 0.25) is 6.79 Å². The third kappa shape index (κ3) is 1.93. The standard InChI is InChI=1S/C13H13NO3/c1-9-4-5-15-13(9)7-14-10-2-3-11-12(6-10)17-8-16-11/h2-6,14H,7-8H2,1H3. The first-order valence-corrected chi connectivity index (χ1v) is 5.49. The maximum Gasteiger partial charge on any atom is 0.231 e. The molecule has 0 radical (unpaired) electrons. The molecule has 1 aromatic carbocycles. The molecule has 1 N–H and O–H groups in total. The summed E-state index contributed by atoms with van der Waals surface area (Å²) in [5.41, 5.74) is 2.14. The molecule has 2 aromatic rings. The Balaban J connectivity index is 1.72. The summed E-state index contributed by atoms with van der Waals surface area (Å²) in [5, 5.41) is 3.29. The predicted molar refractivity (Wildman–Crippen MR) is 63.3 cm³/mol. The summed E-state index contributed by atoms with van der Waals surface area (Å²) in [6.45, 7) is 2.99. The zero-order valence-corrected chi connectivity index (χ0v) is 9.53. The van der Waals surface area contributed by atoms with Crippen molar-refractivity contribution in [2.24, 2.45) is 0 Å². The molecule has 0 spiro atoms. The maximum absolute atomic E-state index is 5.36. The average molecular weight is 231 g/mol. The van der Waals surface area contributed by atoms with Crippen LogP contribution in [0.25, 0.3) is 0 Å². The van der Waals surface area contributed by atoms with E-state index >= 15 is 0 Å². The molecule has 0 bridgehead atoms. The van der Waals surface area contributed by atoms with Crippen LogP contribution in [0, 0.1) is 6.92 Å². The summed E-state index contributed by atoms with van der Waals surface area (Å²) in [4.78, 5) is 0. The second-order valence-corrected chi connectivity index (χ2v) is 3.95. The first kappa shape index (κ1) is 10.1. The van der Waals surface area contributed by atoms with Crippen LogP contribution in [0.4, 0.5) is 5.69 Å². The van der Waals surface area contributed by atoms with Gasteiger partial charge in [0.25, 0.3) is 0 Å². The van der Waals surface area contributed by atoms with E-state index < -0.39 is 0 Å². The van der Waals surface area contributed by atoms with Crippen molar-refractivity contribution in [3.8, 4) is 11.5 Å². The monoisotopic (exact) mass is 231 g/mol. The van der Waals surface area contributed by atoms with Gasteiger partial charge in [-0.1, -0.05) is 0 Å². The molecular weight excluding hydrogens is 218 g/mol. The number of benzene rings is 1. The number of aryl methyl sites for hydroxylation is 1. The lowest BCUT2D eigenvalue weighted by molar-refractivity contribution is 0.174. The second kappa shape index (κ2) is 4.05. The lowest BCUT2D eigenvalue weighted by atomic mass is 10.2. The number of furan rings is 1. The molecule has 2 heterocycles. The van der Waals surface area contributed by atoms with Gasteiger partial charge in [-0.3, -0.25) is 0 Å². The molecule has 0 amide bonds. The van der Waals surface area contributed by atoms with Gasteiger partial charge in [-0.05, 0) is 30.7 Å². The van der Waals surface area contributed by atoms with Gasteiger partial charge < -0.3 is 19.2 Å². The van der Waals surface area contributed by atoms with Crippen molar-refractivity contribution < 1.29 is 13.9 Å². The molecule has 1 aliphatic heterocycles. The van der Waals surface area contributed by atoms with Gasteiger partial charge in [-0.2, -0.15) is 0 Å². The first-order chi connectivity index (χ1) is 8.33. The van der Waals surface area contributed by atoms with Gasteiger partial charge in [0.05, 0.1) is 12.8 Å². The number of fused-ring (bicyclic) bond motifs is 1. The van der Waals surface area contributed by atoms with Crippen molar-refractivity contribution >= 4 is 5.69 Å². The largest absolute Gasteiger partial charge is 0.467 e. The van der Waals surface area contributed by atoms with Crippen LogP contribution in [0.2, 0.25) is 0 Å².